The Morgan fingerprint density at radius 3 is 1.79 bits per heavy atom. The van der Waals surface area contributed by atoms with Crippen molar-refractivity contribution < 1.29 is 22.4 Å². The Morgan fingerprint density at radius 2 is 1.26 bits per heavy atom. The molecule has 0 aromatic heterocycles. The summed E-state index contributed by atoms with van der Waals surface area (Å²) < 4.78 is 45.8. The average molecular weight is 482 g/mol. The fourth-order valence-electron chi connectivity index (χ4n) is 4.06. The van der Waals surface area contributed by atoms with Gasteiger partial charge in [0, 0.05) is 12.4 Å². The van der Waals surface area contributed by atoms with Crippen LogP contribution in [0.25, 0.3) is 0 Å². The minimum absolute atomic E-state index is 0.112. The predicted octanol–water partition coefficient (Wildman–Crippen LogP) is 5.89. The minimum atomic E-state index is -4.30. The maximum Gasteiger partial charge on any atom is 0.143 e. The van der Waals surface area contributed by atoms with Crippen molar-refractivity contribution in [2.24, 2.45) is 0 Å². The lowest BCUT2D eigenvalue weighted by Gasteiger charge is -2.36. The van der Waals surface area contributed by atoms with Crippen molar-refractivity contribution in [1.82, 2.24) is 0 Å². The van der Waals surface area contributed by atoms with Gasteiger partial charge in [-0.1, -0.05) is 99.0 Å². The van der Waals surface area contributed by atoms with Gasteiger partial charge in [-0.15, -0.1) is 0 Å². The highest BCUT2D eigenvalue weighted by molar-refractivity contribution is 7.85. The molecule has 3 aromatic carbocycles. The molecule has 0 atom stereocenters. The summed E-state index contributed by atoms with van der Waals surface area (Å²) >= 11 is 0. The first-order chi connectivity index (χ1) is 16.5. The molecule has 0 heterocycles. The molecule has 0 saturated carbocycles. The lowest BCUT2D eigenvalue weighted by atomic mass is 9.80. The highest BCUT2D eigenvalue weighted by Gasteiger charge is 2.37. The average Bonchev–Trinajstić information content (AvgIpc) is 2.85. The molecule has 0 bridgehead atoms. The molecule has 6 heteroatoms. The van der Waals surface area contributed by atoms with Crippen molar-refractivity contribution in [3.63, 3.8) is 0 Å². The summed E-state index contributed by atoms with van der Waals surface area (Å²) in [5.74, 6) is 0.338. The van der Waals surface area contributed by atoms with Gasteiger partial charge < -0.3 is 14.0 Å². The number of hydrogen-bond acceptors (Lipinski definition) is 5. The molecule has 0 N–H and O–H groups in total. The zero-order valence-electron chi connectivity index (χ0n) is 19.7. The quantitative estimate of drug-likeness (QED) is 0.163. The molecule has 0 aliphatic rings. The molecular formula is C28H33O5S-. The first-order valence-electron chi connectivity index (χ1n) is 11.9. The van der Waals surface area contributed by atoms with Gasteiger partial charge in [0.1, 0.15) is 11.4 Å². The van der Waals surface area contributed by atoms with E-state index in [1.165, 1.54) is 12.8 Å². The molecule has 34 heavy (non-hydrogen) atoms. The number of hydrogen-bond donors (Lipinski definition) is 0. The van der Waals surface area contributed by atoms with Gasteiger partial charge in [-0.25, -0.2) is 8.42 Å². The van der Waals surface area contributed by atoms with E-state index in [1.807, 2.05) is 84.9 Å². The highest BCUT2D eigenvalue weighted by Crippen LogP contribution is 2.41. The Morgan fingerprint density at radius 1 is 0.706 bits per heavy atom. The Labute approximate surface area is 203 Å². The Bertz CT molecular complexity index is 1040. The van der Waals surface area contributed by atoms with Crippen LogP contribution in [0.5, 0.6) is 5.75 Å². The number of benzene rings is 3. The SMILES string of the molecule is CCCCCCOc1ccc(C(OCCCS(=O)(=O)[O-])(c2ccccc2)c2ccccc2)cc1. The summed E-state index contributed by atoms with van der Waals surface area (Å²) in [5.41, 5.74) is 1.77. The minimum Gasteiger partial charge on any atom is -0.748 e. The van der Waals surface area contributed by atoms with Crippen LogP contribution >= 0.6 is 0 Å². The molecule has 3 aromatic rings. The summed E-state index contributed by atoms with van der Waals surface area (Å²) in [6, 6.07) is 27.5. The van der Waals surface area contributed by atoms with Gasteiger partial charge in [-0.2, -0.15) is 0 Å². The third-order valence-corrected chi connectivity index (χ3v) is 6.53. The zero-order valence-corrected chi connectivity index (χ0v) is 20.5. The van der Waals surface area contributed by atoms with Gasteiger partial charge in [0.25, 0.3) is 0 Å². The molecular weight excluding hydrogens is 448 g/mol. The van der Waals surface area contributed by atoms with Crippen molar-refractivity contribution >= 4 is 10.1 Å². The number of unbranched alkanes of at least 4 members (excludes halogenated alkanes) is 3. The molecule has 5 nitrogen and oxygen atoms in total. The fourth-order valence-corrected chi connectivity index (χ4v) is 4.53. The zero-order chi connectivity index (χ0) is 24.3. The third-order valence-electron chi connectivity index (χ3n) is 5.75. The van der Waals surface area contributed by atoms with E-state index in [-0.39, 0.29) is 13.0 Å². The van der Waals surface area contributed by atoms with Crippen LogP contribution in [0.2, 0.25) is 0 Å². The smallest absolute Gasteiger partial charge is 0.143 e. The molecule has 182 valence electrons. The van der Waals surface area contributed by atoms with Gasteiger partial charge in [-0.3, -0.25) is 0 Å². The van der Waals surface area contributed by atoms with Gasteiger partial charge in [0.15, 0.2) is 0 Å². The van der Waals surface area contributed by atoms with Crippen LogP contribution in [0.1, 0.15) is 55.7 Å². The van der Waals surface area contributed by atoms with E-state index in [4.69, 9.17) is 9.47 Å². The van der Waals surface area contributed by atoms with Crippen molar-refractivity contribution in [3.05, 3.63) is 102 Å². The van der Waals surface area contributed by atoms with E-state index in [2.05, 4.69) is 6.92 Å². The molecule has 0 unspecified atom stereocenters. The summed E-state index contributed by atoms with van der Waals surface area (Å²) in [7, 11) is -4.30. The van der Waals surface area contributed by atoms with Crippen molar-refractivity contribution in [1.29, 1.82) is 0 Å². The Balaban J connectivity index is 1.93. The van der Waals surface area contributed by atoms with Gasteiger partial charge >= 0.3 is 0 Å². The van der Waals surface area contributed by atoms with Crippen LogP contribution in [0, 0.1) is 0 Å². The fraction of sp³-hybridized carbons (Fsp3) is 0.357. The predicted molar refractivity (Wildman–Crippen MR) is 134 cm³/mol. The second-order valence-corrected chi connectivity index (χ2v) is 9.83. The standard InChI is InChI=1S/C28H34O5S/c1-2-3-4-11-21-32-27-19-17-26(18-20-27)28(24-13-7-5-8-14-24,25-15-9-6-10-16-25)33-22-12-23-34(29,30)31/h5-10,13-20H,2-4,11-12,21-23H2,1H3,(H,29,30,31)/p-1. The summed E-state index contributed by atoms with van der Waals surface area (Å²) in [5, 5.41) is 0. The monoisotopic (exact) mass is 481 g/mol. The number of rotatable bonds is 14. The van der Waals surface area contributed by atoms with Crippen LogP contribution in [0.3, 0.4) is 0 Å². The second-order valence-electron chi connectivity index (χ2n) is 8.31. The largest absolute Gasteiger partial charge is 0.748 e. The molecule has 0 aliphatic heterocycles. The van der Waals surface area contributed by atoms with Crippen LogP contribution in [-0.2, 0) is 20.5 Å². The Hall–Kier alpha value is -2.67. The molecule has 0 spiro atoms. The topological polar surface area (TPSA) is 75.7 Å². The second kappa shape index (κ2) is 12.7. The molecule has 0 amide bonds. The van der Waals surface area contributed by atoms with Crippen molar-refractivity contribution in [2.45, 2.75) is 44.6 Å². The third kappa shape index (κ3) is 7.16. The van der Waals surface area contributed by atoms with Crippen LogP contribution in [0.4, 0.5) is 0 Å². The van der Waals surface area contributed by atoms with E-state index in [9.17, 15) is 13.0 Å². The summed E-state index contributed by atoms with van der Waals surface area (Å²) in [4.78, 5) is 0. The van der Waals surface area contributed by atoms with E-state index in [0.717, 1.165) is 35.3 Å². The molecule has 0 saturated heterocycles. The highest BCUT2D eigenvalue weighted by atomic mass is 32.2. The van der Waals surface area contributed by atoms with Gasteiger partial charge in [0.05, 0.1) is 16.7 Å². The van der Waals surface area contributed by atoms with Crippen LogP contribution in [-0.4, -0.2) is 31.9 Å². The summed E-state index contributed by atoms with van der Waals surface area (Å²) in [6.45, 7) is 2.98. The van der Waals surface area contributed by atoms with E-state index in [1.54, 1.807) is 0 Å². The van der Waals surface area contributed by atoms with E-state index in [0.29, 0.717) is 6.61 Å². The molecule has 0 radical (unpaired) electrons. The summed E-state index contributed by atoms with van der Waals surface area (Å²) in [6.07, 6.45) is 4.71. The van der Waals surface area contributed by atoms with Crippen molar-refractivity contribution in [3.8, 4) is 5.75 Å². The Kier molecular flexibility index (Phi) is 9.69. The van der Waals surface area contributed by atoms with E-state index < -0.39 is 21.5 Å². The normalized spacial score (nSPS) is 11.9. The molecule has 0 fully saturated rings. The van der Waals surface area contributed by atoms with Crippen LogP contribution < -0.4 is 4.74 Å². The molecule has 0 aliphatic carbocycles. The van der Waals surface area contributed by atoms with Crippen LogP contribution in [0.15, 0.2) is 84.9 Å². The molecule has 3 rings (SSSR count). The lowest BCUT2D eigenvalue weighted by molar-refractivity contribution is 0.0134. The number of ether oxygens (including phenoxy) is 2. The van der Waals surface area contributed by atoms with Gasteiger partial charge in [-0.05, 0) is 41.7 Å². The van der Waals surface area contributed by atoms with Crippen molar-refractivity contribution in [2.75, 3.05) is 19.0 Å². The first kappa shape index (κ1) is 25.9. The van der Waals surface area contributed by atoms with E-state index >= 15 is 0 Å². The van der Waals surface area contributed by atoms with Gasteiger partial charge in [0.2, 0.25) is 0 Å². The maximum atomic E-state index is 11.1. The first-order valence-corrected chi connectivity index (χ1v) is 13.5. The lowest BCUT2D eigenvalue weighted by Crippen LogP contribution is -2.33. The maximum absolute atomic E-state index is 11.1.